The second-order valence-corrected chi connectivity index (χ2v) is 4.73. The van der Waals surface area contributed by atoms with Crippen molar-refractivity contribution in [3.8, 4) is 5.75 Å². The predicted octanol–water partition coefficient (Wildman–Crippen LogP) is 3.23. The summed E-state index contributed by atoms with van der Waals surface area (Å²) in [7, 11) is 1.66. The van der Waals surface area contributed by atoms with E-state index in [1.807, 2.05) is 30.3 Å². The van der Waals surface area contributed by atoms with E-state index < -0.39 is 0 Å². The largest absolute Gasteiger partial charge is 0.497 e. The Morgan fingerprint density at radius 2 is 2.20 bits per heavy atom. The minimum atomic E-state index is 0.618. The highest BCUT2D eigenvalue weighted by atomic mass is 35.5. The first-order valence-electron chi connectivity index (χ1n) is 6.47. The van der Waals surface area contributed by atoms with Crippen molar-refractivity contribution < 1.29 is 4.74 Å². The minimum absolute atomic E-state index is 0.618. The fraction of sp³-hybridized carbons (Fsp3) is 0.267. The summed E-state index contributed by atoms with van der Waals surface area (Å²) in [6.07, 6.45) is 4.25. The standard InChI is InChI=1S/C15H18ClN3O/c1-20-13-5-2-4-12(10-13)19(9-3-7-17)15-6-8-18-11-14(15)16/h2,4-6,8,10-11H,3,7,9,17H2,1H3. The minimum Gasteiger partial charge on any atom is -0.497 e. The van der Waals surface area contributed by atoms with Gasteiger partial charge in [0.25, 0.3) is 0 Å². The molecule has 0 amide bonds. The molecular formula is C15H18ClN3O. The molecule has 0 unspecified atom stereocenters. The van der Waals surface area contributed by atoms with Crippen molar-refractivity contribution >= 4 is 23.0 Å². The first kappa shape index (κ1) is 14.6. The number of pyridine rings is 1. The van der Waals surface area contributed by atoms with Gasteiger partial charge in [0.15, 0.2) is 0 Å². The van der Waals surface area contributed by atoms with E-state index in [0.717, 1.165) is 30.1 Å². The van der Waals surface area contributed by atoms with E-state index in [0.29, 0.717) is 11.6 Å². The molecule has 2 aromatic rings. The van der Waals surface area contributed by atoms with Gasteiger partial charge in [-0.25, -0.2) is 0 Å². The Morgan fingerprint density at radius 3 is 2.90 bits per heavy atom. The van der Waals surface area contributed by atoms with E-state index in [4.69, 9.17) is 22.1 Å². The van der Waals surface area contributed by atoms with Crippen LogP contribution < -0.4 is 15.4 Å². The van der Waals surface area contributed by atoms with E-state index >= 15 is 0 Å². The average molecular weight is 292 g/mol. The van der Waals surface area contributed by atoms with Gasteiger partial charge in [-0.15, -0.1) is 0 Å². The molecule has 0 aliphatic carbocycles. The lowest BCUT2D eigenvalue weighted by atomic mass is 10.2. The van der Waals surface area contributed by atoms with Crippen LogP contribution in [0.3, 0.4) is 0 Å². The van der Waals surface area contributed by atoms with Gasteiger partial charge in [-0.05, 0) is 31.2 Å². The summed E-state index contributed by atoms with van der Waals surface area (Å²) in [6, 6.07) is 9.78. The lowest BCUT2D eigenvalue weighted by Gasteiger charge is -2.26. The Labute approximate surface area is 124 Å². The Balaban J connectivity index is 2.38. The molecular weight excluding hydrogens is 274 g/mol. The molecule has 0 spiro atoms. The number of ether oxygens (including phenoxy) is 1. The third-order valence-corrected chi connectivity index (χ3v) is 3.28. The number of rotatable bonds is 6. The van der Waals surface area contributed by atoms with Gasteiger partial charge in [-0.1, -0.05) is 17.7 Å². The topological polar surface area (TPSA) is 51.4 Å². The van der Waals surface area contributed by atoms with E-state index in [-0.39, 0.29) is 0 Å². The van der Waals surface area contributed by atoms with Crippen LogP contribution in [0.25, 0.3) is 0 Å². The molecule has 0 saturated heterocycles. The highest BCUT2D eigenvalue weighted by Crippen LogP contribution is 2.32. The first-order chi connectivity index (χ1) is 9.76. The normalized spacial score (nSPS) is 10.3. The molecule has 2 rings (SSSR count). The molecule has 5 heteroatoms. The van der Waals surface area contributed by atoms with Crippen LogP contribution in [0.4, 0.5) is 11.4 Å². The maximum absolute atomic E-state index is 6.25. The molecule has 0 saturated carbocycles. The summed E-state index contributed by atoms with van der Waals surface area (Å²) in [4.78, 5) is 6.15. The van der Waals surface area contributed by atoms with Crippen LogP contribution in [0, 0.1) is 0 Å². The smallest absolute Gasteiger partial charge is 0.120 e. The SMILES string of the molecule is COc1cccc(N(CCCN)c2ccncc2Cl)c1. The summed E-state index contributed by atoms with van der Waals surface area (Å²) in [5.41, 5.74) is 7.57. The van der Waals surface area contributed by atoms with Crippen LogP contribution in [0.15, 0.2) is 42.7 Å². The number of nitrogens with zero attached hydrogens (tertiary/aromatic N) is 2. The quantitative estimate of drug-likeness (QED) is 0.888. The Kier molecular flexibility index (Phi) is 5.21. The zero-order valence-electron chi connectivity index (χ0n) is 11.4. The summed E-state index contributed by atoms with van der Waals surface area (Å²) in [5, 5.41) is 0.618. The van der Waals surface area contributed by atoms with Gasteiger partial charge in [-0.2, -0.15) is 0 Å². The molecule has 1 heterocycles. The van der Waals surface area contributed by atoms with Crippen molar-refractivity contribution in [1.29, 1.82) is 0 Å². The average Bonchev–Trinajstić information content (AvgIpc) is 2.49. The van der Waals surface area contributed by atoms with Crippen LogP contribution in [-0.2, 0) is 0 Å². The number of methoxy groups -OCH3 is 1. The molecule has 1 aromatic heterocycles. The lowest BCUT2D eigenvalue weighted by Crippen LogP contribution is -2.21. The Hall–Kier alpha value is -1.78. The molecule has 20 heavy (non-hydrogen) atoms. The highest BCUT2D eigenvalue weighted by molar-refractivity contribution is 6.33. The highest BCUT2D eigenvalue weighted by Gasteiger charge is 2.12. The molecule has 2 N–H and O–H groups in total. The molecule has 0 bridgehead atoms. The van der Waals surface area contributed by atoms with Crippen molar-refractivity contribution in [2.75, 3.05) is 25.1 Å². The predicted molar refractivity (Wildman–Crippen MR) is 82.9 cm³/mol. The summed E-state index contributed by atoms with van der Waals surface area (Å²) < 4.78 is 5.28. The van der Waals surface area contributed by atoms with Gasteiger partial charge in [0.2, 0.25) is 0 Å². The number of nitrogens with two attached hydrogens (primary N) is 1. The monoisotopic (exact) mass is 291 g/mol. The molecule has 0 radical (unpaired) electrons. The second-order valence-electron chi connectivity index (χ2n) is 4.32. The zero-order chi connectivity index (χ0) is 14.4. The zero-order valence-corrected chi connectivity index (χ0v) is 12.2. The van der Waals surface area contributed by atoms with Gasteiger partial charge in [0.1, 0.15) is 5.75 Å². The van der Waals surface area contributed by atoms with Gasteiger partial charge < -0.3 is 15.4 Å². The third-order valence-electron chi connectivity index (χ3n) is 2.99. The van der Waals surface area contributed by atoms with Crippen molar-refractivity contribution in [1.82, 2.24) is 4.98 Å². The maximum Gasteiger partial charge on any atom is 0.120 e. The summed E-state index contributed by atoms with van der Waals surface area (Å²) in [6.45, 7) is 1.41. The molecule has 106 valence electrons. The van der Waals surface area contributed by atoms with E-state index in [1.54, 1.807) is 19.5 Å². The third kappa shape index (κ3) is 3.40. The summed E-state index contributed by atoms with van der Waals surface area (Å²) >= 11 is 6.25. The second kappa shape index (κ2) is 7.12. The molecule has 0 aliphatic heterocycles. The molecule has 4 nitrogen and oxygen atoms in total. The van der Waals surface area contributed by atoms with Crippen molar-refractivity contribution in [2.24, 2.45) is 5.73 Å². The van der Waals surface area contributed by atoms with Gasteiger partial charge >= 0.3 is 0 Å². The van der Waals surface area contributed by atoms with Crippen LogP contribution in [0.5, 0.6) is 5.75 Å². The first-order valence-corrected chi connectivity index (χ1v) is 6.85. The van der Waals surface area contributed by atoms with Crippen LogP contribution in [0.2, 0.25) is 5.02 Å². The van der Waals surface area contributed by atoms with E-state index in [9.17, 15) is 0 Å². The Morgan fingerprint density at radius 1 is 1.35 bits per heavy atom. The van der Waals surface area contributed by atoms with Crippen molar-refractivity contribution in [2.45, 2.75) is 6.42 Å². The number of aromatic nitrogens is 1. The van der Waals surface area contributed by atoms with Crippen LogP contribution >= 0.6 is 11.6 Å². The molecule has 0 aliphatic rings. The Bertz CT molecular complexity index is 562. The van der Waals surface area contributed by atoms with Crippen molar-refractivity contribution in [3.05, 3.63) is 47.7 Å². The van der Waals surface area contributed by atoms with Crippen molar-refractivity contribution in [3.63, 3.8) is 0 Å². The van der Waals surface area contributed by atoms with Gasteiger partial charge in [0, 0.05) is 30.7 Å². The number of hydrogen-bond acceptors (Lipinski definition) is 4. The maximum atomic E-state index is 6.25. The fourth-order valence-electron chi connectivity index (χ4n) is 2.00. The van der Waals surface area contributed by atoms with E-state index in [1.165, 1.54) is 0 Å². The fourth-order valence-corrected chi connectivity index (χ4v) is 2.22. The van der Waals surface area contributed by atoms with Gasteiger partial charge in [0.05, 0.1) is 17.8 Å². The molecule has 0 fully saturated rings. The summed E-state index contributed by atoms with van der Waals surface area (Å²) in [5.74, 6) is 0.811. The number of anilines is 2. The van der Waals surface area contributed by atoms with Crippen LogP contribution in [-0.4, -0.2) is 25.2 Å². The van der Waals surface area contributed by atoms with Gasteiger partial charge in [-0.3, -0.25) is 4.98 Å². The molecule has 1 aromatic carbocycles. The number of benzene rings is 1. The van der Waals surface area contributed by atoms with Crippen LogP contribution in [0.1, 0.15) is 6.42 Å². The lowest BCUT2D eigenvalue weighted by molar-refractivity contribution is 0.415. The number of halogens is 1. The van der Waals surface area contributed by atoms with E-state index in [2.05, 4.69) is 9.88 Å². The molecule has 0 atom stereocenters. The number of hydrogen-bond donors (Lipinski definition) is 1.